The lowest BCUT2D eigenvalue weighted by Gasteiger charge is -2.22. The van der Waals surface area contributed by atoms with Crippen LogP contribution in [0.25, 0.3) is 17.0 Å². The summed E-state index contributed by atoms with van der Waals surface area (Å²) in [5.41, 5.74) is -0.184. The van der Waals surface area contributed by atoms with Crippen LogP contribution in [0.5, 0.6) is 0 Å². The maximum Gasteiger partial charge on any atom is 0.408 e. The van der Waals surface area contributed by atoms with Crippen molar-refractivity contribution in [3.63, 3.8) is 0 Å². The van der Waals surface area contributed by atoms with Gasteiger partial charge in [0.15, 0.2) is 5.65 Å². The van der Waals surface area contributed by atoms with E-state index in [0.29, 0.717) is 26.7 Å². The van der Waals surface area contributed by atoms with Crippen LogP contribution in [0.15, 0.2) is 43.1 Å². The maximum absolute atomic E-state index is 14.2. The number of anilines is 2. The zero-order valence-corrected chi connectivity index (χ0v) is 20.2. The number of aliphatic hydroxyl groups is 1. The van der Waals surface area contributed by atoms with E-state index in [1.165, 1.54) is 43.0 Å². The molecule has 0 aliphatic rings. The van der Waals surface area contributed by atoms with E-state index >= 15 is 0 Å². The number of imidazole rings is 1. The smallest absolute Gasteiger partial charge is 0.387 e. The monoisotopic (exact) mass is 540 g/mol. The molecule has 0 aliphatic carbocycles. The van der Waals surface area contributed by atoms with Gasteiger partial charge in [-0.05, 0) is 19.9 Å². The highest BCUT2D eigenvalue weighted by Gasteiger charge is 2.29. The maximum atomic E-state index is 14.2. The van der Waals surface area contributed by atoms with Crippen LogP contribution in [-0.2, 0) is 6.54 Å². The molecular weight excluding hydrogens is 520 g/mol. The Balaban J connectivity index is 1.68. The quantitative estimate of drug-likeness (QED) is 0.291. The van der Waals surface area contributed by atoms with E-state index in [-0.39, 0.29) is 16.9 Å². The largest absolute Gasteiger partial charge is 0.408 e. The highest BCUT2D eigenvalue weighted by Crippen LogP contribution is 2.28. The fourth-order valence-electron chi connectivity index (χ4n) is 3.29. The fraction of sp³-hybridized carbons (Fsp3) is 0.318. The fourth-order valence-corrected chi connectivity index (χ4v) is 3.43. The first kappa shape index (κ1) is 26.3. The summed E-state index contributed by atoms with van der Waals surface area (Å²) in [7, 11) is 0. The Bertz CT molecular complexity index is 1430. The molecular formula is C22H21ClF4N8O2. The van der Waals surface area contributed by atoms with Gasteiger partial charge in [-0.3, -0.25) is 14.5 Å². The molecule has 3 N–H and O–H groups in total. The first-order chi connectivity index (χ1) is 17.3. The minimum absolute atomic E-state index is 0.0277. The summed E-state index contributed by atoms with van der Waals surface area (Å²) < 4.78 is 54.5. The molecule has 37 heavy (non-hydrogen) atoms. The summed E-state index contributed by atoms with van der Waals surface area (Å²) >= 11 is 5.96. The van der Waals surface area contributed by atoms with Crippen LogP contribution in [0.1, 0.15) is 24.2 Å². The normalized spacial score (nSPS) is 13.1. The predicted molar refractivity (Wildman–Crippen MR) is 126 cm³/mol. The number of alkyl halides is 4. The average molecular weight is 541 g/mol. The van der Waals surface area contributed by atoms with Crippen LogP contribution in [-0.4, -0.2) is 64.9 Å². The number of rotatable bonds is 8. The third-order valence-corrected chi connectivity index (χ3v) is 5.41. The lowest BCUT2D eigenvalue weighted by Crippen LogP contribution is -2.42. The van der Waals surface area contributed by atoms with Crippen LogP contribution in [0, 0.1) is 0 Å². The van der Waals surface area contributed by atoms with Crippen molar-refractivity contribution in [3.05, 3.63) is 53.7 Å². The van der Waals surface area contributed by atoms with Crippen LogP contribution >= 0.6 is 11.6 Å². The van der Waals surface area contributed by atoms with E-state index in [4.69, 9.17) is 11.6 Å². The predicted octanol–water partition coefficient (Wildman–Crippen LogP) is 3.79. The first-order valence-electron chi connectivity index (χ1n) is 10.8. The van der Waals surface area contributed by atoms with Gasteiger partial charge in [0.05, 0.1) is 58.4 Å². The number of carbonyl (C=O) groups excluding carboxylic acids is 1. The molecule has 0 bridgehead atoms. The van der Waals surface area contributed by atoms with E-state index in [1.807, 2.05) is 0 Å². The SMILES string of the molecule is CC(C)(O)C(F)CNC(=O)c1cnc(-c2cnc3cc(Cl)cnn23)cc1Nc1cnn(CC(F)(F)F)c1. The van der Waals surface area contributed by atoms with Gasteiger partial charge in [0.25, 0.3) is 5.91 Å². The highest BCUT2D eigenvalue weighted by atomic mass is 35.5. The van der Waals surface area contributed by atoms with Crippen molar-refractivity contribution in [2.75, 3.05) is 11.9 Å². The summed E-state index contributed by atoms with van der Waals surface area (Å²) in [6, 6.07) is 3.06. The number of amides is 1. The van der Waals surface area contributed by atoms with Crippen molar-refractivity contribution in [2.45, 2.75) is 38.3 Å². The minimum atomic E-state index is -4.47. The Hall–Kier alpha value is -3.78. The van der Waals surface area contributed by atoms with Gasteiger partial charge in [-0.25, -0.2) is 13.9 Å². The lowest BCUT2D eigenvalue weighted by atomic mass is 10.0. The molecule has 1 amide bonds. The van der Waals surface area contributed by atoms with E-state index in [0.717, 1.165) is 12.4 Å². The van der Waals surface area contributed by atoms with Crippen LogP contribution in [0.4, 0.5) is 28.9 Å². The van der Waals surface area contributed by atoms with Gasteiger partial charge in [-0.15, -0.1) is 0 Å². The summed E-state index contributed by atoms with van der Waals surface area (Å²) in [5, 5.41) is 23.3. The third kappa shape index (κ3) is 6.32. The molecule has 0 aromatic carbocycles. The number of nitrogens with one attached hydrogen (secondary N) is 2. The van der Waals surface area contributed by atoms with Gasteiger partial charge in [-0.2, -0.15) is 23.4 Å². The molecule has 4 rings (SSSR count). The van der Waals surface area contributed by atoms with E-state index in [1.54, 1.807) is 6.07 Å². The molecule has 10 nitrogen and oxygen atoms in total. The van der Waals surface area contributed by atoms with Crippen molar-refractivity contribution >= 4 is 34.5 Å². The summed E-state index contributed by atoms with van der Waals surface area (Å²) in [4.78, 5) is 21.4. The van der Waals surface area contributed by atoms with Crippen LogP contribution in [0.3, 0.4) is 0 Å². The Labute approximate surface area is 212 Å². The molecule has 4 aromatic heterocycles. The number of pyridine rings is 1. The summed E-state index contributed by atoms with van der Waals surface area (Å²) in [6.07, 6.45) is 0.183. The second-order valence-electron chi connectivity index (χ2n) is 8.70. The van der Waals surface area contributed by atoms with Gasteiger partial charge in [0, 0.05) is 18.5 Å². The number of halogens is 5. The molecule has 0 radical (unpaired) electrons. The standard InChI is InChI=1S/C22H21ClF4N8O2/c1-21(2,37)18(24)9-30-20(36)14-7-28-16(17-8-29-19-3-12(23)5-32-35(17)19)4-15(14)33-13-6-31-34(10-13)11-22(25,26)27/h3-8,10,18,37H,9,11H2,1-2H3,(H,28,33)(H,30,36). The Morgan fingerprint density at radius 1 is 1.14 bits per heavy atom. The molecule has 196 valence electrons. The minimum Gasteiger partial charge on any atom is -0.387 e. The molecule has 4 aromatic rings. The highest BCUT2D eigenvalue weighted by molar-refractivity contribution is 6.30. The van der Waals surface area contributed by atoms with Crippen LogP contribution < -0.4 is 10.6 Å². The molecule has 1 atom stereocenters. The van der Waals surface area contributed by atoms with Gasteiger partial charge < -0.3 is 15.7 Å². The number of hydrogen-bond donors (Lipinski definition) is 3. The number of fused-ring (bicyclic) bond motifs is 1. The second kappa shape index (κ2) is 9.94. The van der Waals surface area contributed by atoms with Gasteiger partial charge in [-0.1, -0.05) is 11.6 Å². The molecule has 0 saturated heterocycles. The number of nitrogens with zero attached hydrogens (tertiary/aromatic N) is 6. The van der Waals surface area contributed by atoms with E-state index < -0.39 is 36.9 Å². The van der Waals surface area contributed by atoms with Crippen molar-refractivity contribution in [3.8, 4) is 11.4 Å². The zero-order valence-electron chi connectivity index (χ0n) is 19.5. The molecule has 0 saturated carbocycles. The van der Waals surface area contributed by atoms with Crippen LogP contribution in [0.2, 0.25) is 5.02 Å². The number of hydrogen-bond acceptors (Lipinski definition) is 7. The number of carbonyl (C=O) groups is 1. The van der Waals surface area contributed by atoms with Gasteiger partial charge >= 0.3 is 6.18 Å². The second-order valence-corrected chi connectivity index (χ2v) is 9.14. The van der Waals surface area contributed by atoms with Gasteiger partial charge in [0.1, 0.15) is 18.4 Å². The molecule has 0 aliphatic heterocycles. The van der Waals surface area contributed by atoms with E-state index in [2.05, 4.69) is 30.8 Å². The Kier molecular flexibility index (Phi) is 7.06. The van der Waals surface area contributed by atoms with Crippen molar-refractivity contribution in [1.82, 2.24) is 34.7 Å². The molecule has 0 spiro atoms. The van der Waals surface area contributed by atoms with Crippen molar-refractivity contribution < 1.29 is 27.5 Å². The molecule has 4 heterocycles. The lowest BCUT2D eigenvalue weighted by molar-refractivity contribution is -0.142. The average Bonchev–Trinajstić information content (AvgIpc) is 3.41. The summed E-state index contributed by atoms with van der Waals surface area (Å²) in [6.45, 7) is 0.755. The molecule has 15 heteroatoms. The van der Waals surface area contributed by atoms with Crippen molar-refractivity contribution in [2.24, 2.45) is 0 Å². The number of aromatic nitrogens is 6. The first-order valence-corrected chi connectivity index (χ1v) is 11.2. The molecule has 0 fully saturated rings. The third-order valence-electron chi connectivity index (χ3n) is 5.20. The Morgan fingerprint density at radius 3 is 2.59 bits per heavy atom. The van der Waals surface area contributed by atoms with E-state index in [9.17, 15) is 27.5 Å². The summed E-state index contributed by atoms with van der Waals surface area (Å²) in [5.74, 6) is -0.723. The van der Waals surface area contributed by atoms with Crippen molar-refractivity contribution in [1.29, 1.82) is 0 Å². The topological polar surface area (TPSA) is 122 Å². The van der Waals surface area contributed by atoms with Gasteiger partial charge in [0.2, 0.25) is 0 Å². The zero-order chi connectivity index (χ0) is 27.0. The Morgan fingerprint density at radius 2 is 1.89 bits per heavy atom. The molecule has 1 unspecified atom stereocenters.